The molecule has 0 bridgehead atoms. The van der Waals surface area contributed by atoms with E-state index in [9.17, 15) is 4.79 Å². The number of H-pyrrole nitrogens is 1. The summed E-state index contributed by atoms with van der Waals surface area (Å²) in [7, 11) is 1.36. The third-order valence-corrected chi connectivity index (χ3v) is 4.75. The fraction of sp³-hybridized carbons (Fsp3) is 0.368. The molecule has 27 heavy (non-hydrogen) atoms. The maximum Gasteiger partial charge on any atom is 0.356 e. The number of aromatic nitrogens is 4. The molecule has 1 aliphatic heterocycles. The van der Waals surface area contributed by atoms with Crippen LogP contribution < -0.4 is 10.2 Å². The van der Waals surface area contributed by atoms with Crippen molar-refractivity contribution in [2.24, 2.45) is 0 Å². The van der Waals surface area contributed by atoms with Crippen LogP contribution in [0.3, 0.4) is 0 Å². The lowest BCUT2D eigenvalue weighted by Crippen LogP contribution is -2.43. The van der Waals surface area contributed by atoms with Gasteiger partial charge < -0.3 is 15.0 Å². The van der Waals surface area contributed by atoms with Crippen molar-refractivity contribution < 1.29 is 9.53 Å². The molecule has 0 saturated carbocycles. The Morgan fingerprint density at radius 3 is 3.07 bits per heavy atom. The lowest BCUT2D eigenvalue weighted by atomic mass is 10.1. The van der Waals surface area contributed by atoms with Crippen LogP contribution >= 0.6 is 0 Å². The minimum atomic E-state index is -0.443. The molecule has 1 fully saturated rings. The molecule has 1 saturated heterocycles. The van der Waals surface area contributed by atoms with Gasteiger partial charge in [-0.25, -0.2) is 14.8 Å². The normalized spacial score (nSPS) is 17.1. The first-order chi connectivity index (χ1) is 13.1. The summed E-state index contributed by atoms with van der Waals surface area (Å²) < 4.78 is 4.79. The number of carbonyl (C=O) groups is 1. The zero-order valence-electron chi connectivity index (χ0n) is 15.4. The van der Waals surface area contributed by atoms with Crippen molar-refractivity contribution in [3.63, 3.8) is 0 Å². The molecule has 0 radical (unpaired) electrons. The van der Waals surface area contributed by atoms with E-state index >= 15 is 0 Å². The van der Waals surface area contributed by atoms with E-state index in [2.05, 4.69) is 42.5 Å². The fourth-order valence-electron chi connectivity index (χ4n) is 3.45. The van der Waals surface area contributed by atoms with E-state index in [0.29, 0.717) is 11.6 Å². The van der Waals surface area contributed by atoms with Gasteiger partial charge in [-0.15, -0.1) is 0 Å². The van der Waals surface area contributed by atoms with Crippen LogP contribution in [0, 0.1) is 6.92 Å². The van der Waals surface area contributed by atoms with Crippen LogP contribution in [-0.2, 0) is 4.74 Å². The van der Waals surface area contributed by atoms with Gasteiger partial charge in [0.25, 0.3) is 0 Å². The van der Waals surface area contributed by atoms with Gasteiger partial charge in [0, 0.05) is 35.9 Å². The van der Waals surface area contributed by atoms with Crippen LogP contribution in [0.15, 0.2) is 30.5 Å². The first-order valence-corrected chi connectivity index (χ1v) is 9.01. The maximum atomic E-state index is 11.8. The molecule has 8 nitrogen and oxygen atoms in total. The largest absolute Gasteiger partial charge is 0.464 e. The molecule has 2 aromatic heterocycles. The van der Waals surface area contributed by atoms with Crippen LogP contribution in [0.4, 0.5) is 11.6 Å². The van der Waals surface area contributed by atoms with E-state index in [4.69, 9.17) is 4.74 Å². The highest BCUT2D eigenvalue weighted by atomic mass is 16.5. The third-order valence-electron chi connectivity index (χ3n) is 4.75. The van der Waals surface area contributed by atoms with Crippen molar-refractivity contribution in [3.05, 3.63) is 41.9 Å². The monoisotopic (exact) mass is 366 g/mol. The number of hydrogen-bond acceptors (Lipinski definition) is 7. The van der Waals surface area contributed by atoms with Crippen molar-refractivity contribution >= 4 is 28.5 Å². The van der Waals surface area contributed by atoms with Gasteiger partial charge in [0.2, 0.25) is 5.95 Å². The molecule has 1 unspecified atom stereocenters. The molecule has 3 heterocycles. The smallest absolute Gasteiger partial charge is 0.356 e. The van der Waals surface area contributed by atoms with E-state index in [1.54, 1.807) is 6.07 Å². The highest BCUT2D eigenvalue weighted by molar-refractivity contribution is 5.87. The van der Waals surface area contributed by atoms with Gasteiger partial charge in [0.15, 0.2) is 5.69 Å². The van der Waals surface area contributed by atoms with Crippen LogP contribution in [0.5, 0.6) is 0 Å². The molecule has 8 heteroatoms. The number of nitrogens with zero attached hydrogens (tertiary/aromatic N) is 4. The Hall–Kier alpha value is -3.16. The molecular formula is C19H22N6O2. The Kier molecular flexibility index (Phi) is 4.62. The average molecular weight is 366 g/mol. The number of benzene rings is 1. The number of ether oxygens (including phenoxy) is 1. The predicted octanol–water partition coefficient (Wildman–Crippen LogP) is 2.53. The Balaban J connectivity index is 1.50. The number of fused-ring (bicyclic) bond motifs is 1. The molecule has 140 valence electrons. The van der Waals surface area contributed by atoms with Gasteiger partial charge in [-0.3, -0.25) is 5.10 Å². The van der Waals surface area contributed by atoms with E-state index in [1.165, 1.54) is 7.11 Å². The van der Waals surface area contributed by atoms with Crippen molar-refractivity contribution in [3.8, 4) is 0 Å². The van der Waals surface area contributed by atoms with Crippen molar-refractivity contribution in [2.45, 2.75) is 25.8 Å². The van der Waals surface area contributed by atoms with Crippen LogP contribution in [0.2, 0.25) is 0 Å². The second-order valence-corrected chi connectivity index (χ2v) is 6.79. The van der Waals surface area contributed by atoms with Crippen LogP contribution in [-0.4, -0.2) is 52.4 Å². The van der Waals surface area contributed by atoms with E-state index in [1.807, 2.05) is 19.2 Å². The summed E-state index contributed by atoms with van der Waals surface area (Å²) >= 11 is 0. The average Bonchev–Trinajstić information content (AvgIpc) is 3.15. The molecule has 3 aromatic rings. The Bertz CT molecular complexity index is 970. The van der Waals surface area contributed by atoms with Crippen LogP contribution in [0.1, 0.15) is 29.0 Å². The van der Waals surface area contributed by atoms with E-state index in [-0.39, 0.29) is 6.04 Å². The second kappa shape index (κ2) is 7.22. The summed E-state index contributed by atoms with van der Waals surface area (Å²) in [6.07, 6.45) is 3.91. The summed E-state index contributed by atoms with van der Waals surface area (Å²) in [5.41, 5.74) is 3.13. The number of nitrogens with one attached hydrogen (secondary N) is 2. The standard InChI is InChI=1S/C19H22N6O2/c1-12-8-17(18(26)27-2)23-19(21-12)25-7-3-4-15(11-25)22-14-5-6-16-13(9-14)10-20-24-16/h5-6,8-10,15,22H,3-4,7,11H2,1-2H3,(H,20,24). The number of carbonyl (C=O) groups excluding carboxylic acids is 1. The summed E-state index contributed by atoms with van der Waals surface area (Å²) in [6, 6.07) is 8.09. The second-order valence-electron chi connectivity index (χ2n) is 6.79. The van der Waals surface area contributed by atoms with Gasteiger partial charge >= 0.3 is 5.97 Å². The van der Waals surface area contributed by atoms with Crippen LogP contribution in [0.25, 0.3) is 10.9 Å². The predicted molar refractivity (Wildman–Crippen MR) is 103 cm³/mol. The Morgan fingerprint density at radius 2 is 2.22 bits per heavy atom. The number of rotatable bonds is 4. The highest BCUT2D eigenvalue weighted by Crippen LogP contribution is 2.22. The Morgan fingerprint density at radius 1 is 1.33 bits per heavy atom. The first kappa shape index (κ1) is 17.3. The number of piperidine rings is 1. The van der Waals surface area contributed by atoms with Crippen molar-refractivity contribution in [2.75, 3.05) is 30.4 Å². The SMILES string of the molecule is COC(=O)c1cc(C)nc(N2CCCC(Nc3ccc4[nH]ncc4c3)C2)n1. The minimum Gasteiger partial charge on any atom is -0.464 e. The fourth-order valence-corrected chi connectivity index (χ4v) is 3.45. The lowest BCUT2D eigenvalue weighted by molar-refractivity contribution is 0.0593. The van der Waals surface area contributed by atoms with Gasteiger partial charge in [-0.05, 0) is 44.0 Å². The summed E-state index contributed by atoms with van der Waals surface area (Å²) in [4.78, 5) is 22.9. The minimum absolute atomic E-state index is 0.272. The molecule has 2 N–H and O–H groups in total. The van der Waals surface area contributed by atoms with E-state index in [0.717, 1.165) is 48.2 Å². The summed E-state index contributed by atoms with van der Waals surface area (Å²) in [6.45, 7) is 3.49. The number of aromatic amines is 1. The quantitative estimate of drug-likeness (QED) is 0.685. The first-order valence-electron chi connectivity index (χ1n) is 9.01. The van der Waals surface area contributed by atoms with E-state index < -0.39 is 5.97 Å². The number of methoxy groups -OCH3 is 1. The van der Waals surface area contributed by atoms with Gasteiger partial charge in [-0.2, -0.15) is 5.10 Å². The molecule has 1 aromatic carbocycles. The summed E-state index contributed by atoms with van der Waals surface area (Å²) in [5.74, 6) is 0.133. The Labute approximate surface area is 157 Å². The third kappa shape index (κ3) is 3.69. The number of esters is 1. The molecule has 4 rings (SSSR count). The molecule has 0 amide bonds. The van der Waals surface area contributed by atoms with Gasteiger partial charge in [-0.1, -0.05) is 0 Å². The molecular weight excluding hydrogens is 344 g/mol. The topological polar surface area (TPSA) is 96.0 Å². The highest BCUT2D eigenvalue weighted by Gasteiger charge is 2.23. The summed E-state index contributed by atoms with van der Waals surface area (Å²) in [5, 5.41) is 11.7. The number of anilines is 2. The van der Waals surface area contributed by atoms with Crippen molar-refractivity contribution in [1.82, 2.24) is 20.2 Å². The molecule has 0 aliphatic carbocycles. The lowest BCUT2D eigenvalue weighted by Gasteiger charge is -2.34. The molecule has 1 atom stereocenters. The van der Waals surface area contributed by atoms with Gasteiger partial charge in [0.1, 0.15) is 0 Å². The van der Waals surface area contributed by atoms with Crippen molar-refractivity contribution in [1.29, 1.82) is 0 Å². The zero-order chi connectivity index (χ0) is 18.8. The number of aryl methyl sites for hydroxylation is 1. The zero-order valence-corrected chi connectivity index (χ0v) is 15.4. The maximum absolute atomic E-state index is 11.8. The molecule has 1 aliphatic rings. The number of hydrogen-bond donors (Lipinski definition) is 2. The van der Waals surface area contributed by atoms with Gasteiger partial charge in [0.05, 0.1) is 18.8 Å². The molecule has 0 spiro atoms.